The van der Waals surface area contributed by atoms with Crippen molar-refractivity contribution in [2.45, 2.75) is 6.92 Å². The van der Waals surface area contributed by atoms with Crippen molar-refractivity contribution in [2.75, 3.05) is 0 Å². The molecule has 0 bridgehead atoms. The quantitative estimate of drug-likeness (QED) is 0.524. The van der Waals surface area contributed by atoms with E-state index in [9.17, 15) is 8.78 Å². The van der Waals surface area contributed by atoms with Crippen molar-refractivity contribution < 1.29 is 8.78 Å². The van der Waals surface area contributed by atoms with Gasteiger partial charge in [-0.3, -0.25) is 0 Å². The fourth-order valence-electron chi connectivity index (χ4n) is 0.438. The van der Waals surface area contributed by atoms with E-state index in [1.54, 1.807) is 0 Å². The second kappa shape index (κ2) is 2.05. The van der Waals surface area contributed by atoms with Crippen LogP contribution in [-0.4, -0.2) is 10.2 Å². The Morgan fingerprint density at radius 3 is 2.44 bits per heavy atom. The minimum Gasteiger partial charge on any atom is -0.183 e. The zero-order valence-electron chi connectivity index (χ0n) is 4.73. The van der Waals surface area contributed by atoms with E-state index in [0.717, 1.165) is 6.07 Å². The maximum atomic E-state index is 12.2. The van der Waals surface area contributed by atoms with Crippen LogP contribution in [0.25, 0.3) is 0 Å². The van der Waals surface area contributed by atoms with Crippen LogP contribution >= 0.6 is 0 Å². The van der Waals surface area contributed by atoms with Gasteiger partial charge in [-0.2, -0.15) is 8.78 Å². The van der Waals surface area contributed by atoms with Gasteiger partial charge in [0.15, 0.2) is 0 Å². The Labute approximate surface area is 50.5 Å². The van der Waals surface area contributed by atoms with Crippen LogP contribution in [0.5, 0.6) is 0 Å². The standard InChI is InChI=1S/C5H4F2N2/c1-3-2-4(6)8-9-5(3)7/h2H,1H3. The summed E-state index contributed by atoms with van der Waals surface area (Å²) in [5.41, 5.74) is 0.169. The molecule has 1 aromatic heterocycles. The Hall–Kier alpha value is -1.06. The highest BCUT2D eigenvalue weighted by Gasteiger charge is 1.98. The van der Waals surface area contributed by atoms with Crippen molar-refractivity contribution in [1.29, 1.82) is 0 Å². The van der Waals surface area contributed by atoms with Gasteiger partial charge in [0, 0.05) is 11.6 Å². The molecule has 9 heavy (non-hydrogen) atoms. The van der Waals surface area contributed by atoms with Crippen LogP contribution in [-0.2, 0) is 0 Å². The monoisotopic (exact) mass is 130 g/mol. The Morgan fingerprint density at radius 1 is 1.33 bits per heavy atom. The van der Waals surface area contributed by atoms with E-state index in [2.05, 4.69) is 10.2 Å². The third kappa shape index (κ3) is 1.19. The molecule has 1 rings (SSSR count). The topological polar surface area (TPSA) is 25.8 Å². The molecule has 0 radical (unpaired) electrons. The Morgan fingerprint density at radius 2 is 2.00 bits per heavy atom. The normalized spacial score (nSPS) is 9.67. The molecule has 2 nitrogen and oxygen atoms in total. The highest BCUT2D eigenvalue weighted by Crippen LogP contribution is 2.00. The number of hydrogen-bond donors (Lipinski definition) is 0. The van der Waals surface area contributed by atoms with Crippen molar-refractivity contribution in [3.8, 4) is 0 Å². The van der Waals surface area contributed by atoms with Crippen molar-refractivity contribution in [3.05, 3.63) is 23.5 Å². The molecule has 0 aromatic carbocycles. The number of halogens is 2. The lowest BCUT2D eigenvalue weighted by Gasteiger charge is -1.89. The summed E-state index contributed by atoms with van der Waals surface area (Å²) in [4.78, 5) is 0. The van der Waals surface area contributed by atoms with Gasteiger partial charge in [0.25, 0.3) is 0 Å². The number of nitrogens with zero attached hydrogens (tertiary/aromatic N) is 2. The van der Waals surface area contributed by atoms with E-state index in [1.165, 1.54) is 6.92 Å². The molecule has 0 saturated heterocycles. The third-order valence-corrected chi connectivity index (χ3v) is 0.894. The zero-order valence-corrected chi connectivity index (χ0v) is 4.73. The van der Waals surface area contributed by atoms with E-state index in [4.69, 9.17) is 0 Å². The number of aryl methyl sites for hydroxylation is 1. The molecule has 0 aliphatic carbocycles. The molecular weight excluding hydrogens is 126 g/mol. The van der Waals surface area contributed by atoms with Crippen molar-refractivity contribution >= 4 is 0 Å². The Balaban J connectivity index is 3.17. The van der Waals surface area contributed by atoms with Crippen LogP contribution in [0.4, 0.5) is 8.78 Å². The van der Waals surface area contributed by atoms with Gasteiger partial charge in [0.2, 0.25) is 11.9 Å². The maximum Gasteiger partial charge on any atom is 0.236 e. The second-order valence-electron chi connectivity index (χ2n) is 1.64. The zero-order chi connectivity index (χ0) is 6.85. The largest absolute Gasteiger partial charge is 0.236 e. The second-order valence-corrected chi connectivity index (χ2v) is 1.64. The summed E-state index contributed by atoms with van der Waals surface area (Å²) in [6.07, 6.45) is 0. The smallest absolute Gasteiger partial charge is 0.183 e. The first-order valence-electron chi connectivity index (χ1n) is 2.35. The molecule has 0 N–H and O–H groups in total. The molecule has 0 aliphatic heterocycles. The van der Waals surface area contributed by atoms with Crippen LogP contribution in [0.3, 0.4) is 0 Å². The molecule has 0 unspecified atom stereocenters. The summed E-state index contributed by atoms with van der Waals surface area (Å²) < 4.78 is 24.2. The number of aromatic nitrogens is 2. The maximum absolute atomic E-state index is 12.2. The van der Waals surface area contributed by atoms with Gasteiger partial charge < -0.3 is 0 Å². The van der Waals surface area contributed by atoms with Crippen molar-refractivity contribution in [3.63, 3.8) is 0 Å². The highest BCUT2D eigenvalue weighted by atomic mass is 19.1. The van der Waals surface area contributed by atoms with Gasteiger partial charge in [-0.05, 0) is 6.92 Å². The van der Waals surface area contributed by atoms with Crippen LogP contribution in [0.1, 0.15) is 5.56 Å². The lowest BCUT2D eigenvalue weighted by atomic mass is 10.3. The van der Waals surface area contributed by atoms with Gasteiger partial charge in [0.05, 0.1) is 0 Å². The first-order chi connectivity index (χ1) is 4.20. The summed E-state index contributed by atoms with van der Waals surface area (Å²) in [7, 11) is 0. The highest BCUT2D eigenvalue weighted by molar-refractivity contribution is 5.04. The molecular formula is C5H4F2N2. The number of hydrogen-bond acceptors (Lipinski definition) is 2. The van der Waals surface area contributed by atoms with E-state index in [0.29, 0.717) is 0 Å². The van der Waals surface area contributed by atoms with E-state index in [-0.39, 0.29) is 5.56 Å². The Kier molecular flexibility index (Phi) is 1.38. The molecule has 4 heteroatoms. The fraction of sp³-hybridized carbons (Fsp3) is 0.200. The average molecular weight is 130 g/mol. The summed E-state index contributed by atoms with van der Waals surface area (Å²) >= 11 is 0. The van der Waals surface area contributed by atoms with E-state index < -0.39 is 11.9 Å². The summed E-state index contributed by atoms with van der Waals surface area (Å²) in [6.45, 7) is 1.42. The molecule has 0 aliphatic rings. The van der Waals surface area contributed by atoms with Crippen LogP contribution in [0.2, 0.25) is 0 Å². The molecule has 0 atom stereocenters. The van der Waals surface area contributed by atoms with Crippen LogP contribution in [0, 0.1) is 18.8 Å². The molecule has 1 aromatic rings. The van der Waals surface area contributed by atoms with Crippen molar-refractivity contribution in [2.24, 2.45) is 0 Å². The Bertz CT molecular complexity index is 224. The van der Waals surface area contributed by atoms with Crippen LogP contribution in [0.15, 0.2) is 6.07 Å². The third-order valence-electron chi connectivity index (χ3n) is 0.894. The molecule has 1 heterocycles. The molecule has 0 amide bonds. The molecule has 0 fully saturated rings. The van der Waals surface area contributed by atoms with E-state index in [1.807, 2.05) is 0 Å². The number of rotatable bonds is 0. The molecule has 0 spiro atoms. The summed E-state index contributed by atoms with van der Waals surface area (Å²) in [5.74, 6) is -1.48. The predicted octanol–water partition coefficient (Wildman–Crippen LogP) is 1.06. The van der Waals surface area contributed by atoms with Gasteiger partial charge in [-0.25, -0.2) is 0 Å². The van der Waals surface area contributed by atoms with Gasteiger partial charge in [-0.15, -0.1) is 10.2 Å². The summed E-state index contributed by atoms with van der Waals surface area (Å²) in [6, 6.07) is 0.988. The van der Waals surface area contributed by atoms with Gasteiger partial charge >= 0.3 is 0 Å². The predicted molar refractivity (Wildman–Crippen MR) is 26.7 cm³/mol. The lowest BCUT2D eigenvalue weighted by Crippen LogP contribution is -1.94. The molecule has 0 saturated carbocycles. The average Bonchev–Trinajstić information content (AvgIpc) is 1.80. The first-order valence-corrected chi connectivity index (χ1v) is 2.35. The summed E-state index contributed by atoms with van der Waals surface area (Å²) in [5, 5.41) is 5.73. The lowest BCUT2D eigenvalue weighted by molar-refractivity contribution is 0.500. The SMILES string of the molecule is Cc1cc(F)nnc1F. The van der Waals surface area contributed by atoms with Crippen LogP contribution < -0.4 is 0 Å². The minimum atomic E-state index is -0.756. The fourth-order valence-corrected chi connectivity index (χ4v) is 0.438. The van der Waals surface area contributed by atoms with E-state index >= 15 is 0 Å². The van der Waals surface area contributed by atoms with Crippen molar-refractivity contribution in [1.82, 2.24) is 10.2 Å². The molecule has 48 valence electrons. The first kappa shape index (κ1) is 6.07. The minimum absolute atomic E-state index is 0.169. The van der Waals surface area contributed by atoms with Gasteiger partial charge in [0.1, 0.15) is 0 Å². The van der Waals surface area contributed by atoms with Gasteiger partial charge in [-0.1, -0.05) is 0 Å².